The van der Waals surface area contributed by atoms with Crippen LogP contribution in [0.1, 0.15) is 56.2 Å². The van der Waals surface area contributed by atoms with Crippen LogP contribution in [-0.2, 0) is 6.54 Å². The summed E-state index contributed by atoms with van der Waals surface area (Å²) in [5.41, 5.74) is 3.10. The van der Waals surface area contributed by atoms with E-state index in [-0.39, 0.29) is 0 Å². The SMILES string of the molecule is CCC1CCC(C2NCc3ccccc32)CC1. The zero-order chi connectivity index (χ0) is 11.7. The first kappa shape index (κ1) is 11.3. The molecule has 1 fully saturated rings. The summed E-state index contributed by atoms with van der Waals surface area (Å²) in [6.07, 6.45) is 7.11. The number of hydrogen-bond donors (Lipinski definition) is 1. The Morgan fingerprint density at radius 1 is 1.12 bits per heavy atom. The van der Waals surface area contributed by atoms with Gasteiger partial charge in [-0.25, -0.2) is 0 Å². The zero-order valence-electron chi connectivity index (χ0n) is 10.8. The second kappa shape index (κ2) is 4.81. The molecule has 1 aromatic carbocycles. The standard InChI is InChI=1S/C16H23N/c1-2-12-7-9-13(10-8-12)16-15-6-4-3-5-14(15)11-17-16/h3-6,12-13,16-17H,2,7-11H2,1H3. The fourth-order valence-corrected chi connectivity index (χ4v) is 3.68. The van der Waals surface area contributed by atoms with Crippen molar-refractivity contribution in [1.82, 2.24) is 5.32 Å². The van der Waals surface area contributed by atoms with Crippen LogP contribution < -0.4 is 5.32 Å². The van der Waals surface area contributed by atoms with E-state index in [1.54, 1.807) is 5.56 Å². The van der Waals surface area contributed by atoms with Crippen LogP contribution in [0.25, 0.3) is 0 Å². The summed E-state index contributed by atoms with van der Waals surface area (Å²) in [5, 5.41) is 3.72. The van der Waals surface area contributed by atoms with E-state index in [0.29, 0.717) is 6.04 Å². The van der Waals surface area contributed by atoms with Crippen molar-refractivity contribution in [2.75, 3.05) is 0 Å². The second-order valence-corrected chi connectivity index (χ2v) is 5.75. The van der Waals surface area contributed by atoms with Gasteiger partial charge in [-0.1, -0.05) is 50.5 Å². The van der Waals surface area contributed by atoms with Crippen LogP contribution in [0.5, 0.6) is 0 Å². The molecule has 0 amide bonds. The predicted octanol–water partition coefficient (Wildman–Crippen LogP) is 4.05. The van der Waals surface area contributed by atoms with Crippen LogP contribution in [0.4, 0.5) is 0 Å². The Morgan fingerprint density at radius 3 is 2.65 bits per heavy atom. The van der Waals surface area contributed by atoms with Crippen LogP contribution in [0.3, 0.4) is 0 Å². The van der Waals surface area contributed by atoms with E-state index in [1.807, 2.05) is 0 Å². The Labute approximate surface area is 105 Å². The van der Waals surface area contributed by atoms with Crippen molar-refractivity contribution in [2.24, 2.45) is 11.8 Å². The molecule has 1 nitrogen and oxygen atoms in total. The van der Waals surface area contributed by atoms with E-state index in [9.17, 15) is 0 Å². The fraction of sp³-hybridized carbons (Fsp3) is 0.625. The van der Waals surface area contributed by atoms with Gasteiger partial charge in [0.2, 0.25) is 0 Å². The van der Waals surface area contributed by atoms with Gasteiger partial charge in [0.1, 0.15) is 0 Å². The summed E-state index contributed by atoms with van der Waals surface area (Å²) in [6, 6.07) is 9.60. The van der Waals surface area contributed by atoms with E-state index < -0.39 is 0 Å². The Morgan fingerprint density at radius 2 is 1.88 bits per heavy atom. The first-order valence-electron chi connectivity index (χ1n) is 7.19. The third-order valence-corrected chi connectivity index (χ3v) is 4.84. The van der Waals surface area contributed by atoms with E-state index in [4.69, 9.17) is 0 Å². The topological polar surface area (TPSA) is 12.0 Å². The molecule has 1 aliphatic heterocycles. The van der Waals surface area contributed by atoms with E-state index in [1.165, 1.54) is 37.7 Å². The van der Waals surface area contributed by atoms with Gasteiger partial charge in [0, 0.05) is 12.6 Å². The monoisotopic (exact) mass is 229 g/mol. The average molecular weight is 229 g/mol. The summed E-state index contributed by atoms with van der Waals surface area (Å²) >= 11 is 0. The molecular formula is C16H23N. The largest absolute Gasteiger partial charge is 0.306 e. The lowest BCUT2D eigenvalue weighted by atomic mass is 9.76. The predicted molar refractivity (Wildman–Crippen MR) is 71.8 cm³/mol. The molecule has 1 aromatic rings. The first-order valence-corrected chi connectivity index (χ1v) is 7.19. The van der Waals surface area contributed by atoms with E-state index in [0.717, 1.165) is 18.4 Å². The third kappa shape index (κ3) is 2.13. The van der Waals surface area contributed by atoms with Gasteiger partial charge in [-0.15, -0.1) is 0 Å². The smallest absolute Gasteiger partial charge is 0.0354 e. The highest BCUT2D eigenvalue weighted by Gasteiger charge is 2.31. The van der Waals surface area contributed by atoms with Gasteiger partial charge in [-0.3, -0.25) is 0 Å². The van der Waals surface area contributed by atoms with Crippen molar-refractivity contribution in [3.63, 3.8) is 0 Å². The maximum atomic E-state index is 3.72. The first-order chi connectivity index (χ1) is 8.38. The average Bonchev–Trinajstić information content (AvgIpc) is 2.83. The van der Waals surface area contributed by atoms with Gasteiger partial charge in [-0.05, 0) is 35.8 Å². The maximum absolute atomic E-state index is 3.72. The third-order valence-electron chi connectivity index (χ3n) is 4.84. The van der Waals surface area contributed by atoms with Crippen LogP contribution in [0.15, 0.2) is 24.3 Å². The lowest BCUT2D eigenvalue weighted by Gasteiger charge is -2.32. The lowest BCUT2D eigenvalue weighted by Crippen LogP contribution is -2.26. The number of rotatable bonds is 2. The summed E-state index contributed by atoms with van der Waals surface area (Å²) in [4.78, 5) is 0. The number of benzene rings is 1. The molecule has 0 aromatic heterocycles. The molecule has 1 unspecified atom stereocenters. The van der Waals surface area contributed by atoms with Crippen molar-refractivity contribution < 1.29 is 0 Å². The highest BCUT2D eigenvalue weighted by atomic mass is 14.9. The van der Waals surface area contributed by atoms with Crippen LogP contribution >= 0.6 is 0 Å². The van der Waals surface area contributed by atoms with Crippen molar-refractivity contribution in [1.29, 1.82) is 0 Å². The molecule has 1 N–H and O–H groups in total. The molecule has 0 spiro atoms. The van der Waals surface area contributed by atoms with Gasteiger partial charge >= 0.3 is 0 Å². The molecule has 92 valence electrons. The molecule has 0 bridgehead atoms. The van der Waals surface area contributed by atoms with E-state index in [2.05, 4.69) is 36.5 Å². The molecule has 1 heteroatoms. The maximum Gasteiger partial charge on any atom is 0.0354 e. The normalized spacial score (nSPS) is 32.4. The molecule has 17 heavy (non-hydrogen) atoms. The molecule has 0 radical (unpaired) electrons. The van der Waals surface area contributed by atoms with Crippen LogP contribution in [0.2, 0.25) is 0 Å². The number of fused-ring (bicyclic) bond motifs is 1. The summed E-state index contributed by atoms with van der Waals surface area (Å²) in [6.45, 7) is 3.42. The minimum Gasteiger partial charge on any atom is -0.306 e. The molecule has 1 saturated carbocycles. The van der Waals surface area contributed by atoms with Gasteiger partial charge in [0.05, 0.1) is 0 Å². The number of hydrogen-bond acceptors (Lipinski definition) is 1. The highest BCUT2D eigenvalue weighted by Crippen LogP contribution is 2.40. The minimum absolute atomic E-state index is 0.643. The van der Waals surface area contributed by atoms with E-state index >= 15 is 0 Å². The summed E-state index contributed by atoms with van der Waals surface area (Å²) < 4.78 is 0. The summed E-state index contributed by atoms with van der Waals surface area (Å²) in [7, 11) is 0. The minimum atomic E-state index is 0.643. The Balaban J connectivity index is 1.71. The quantitative estimate of drug-likeness (QED) is 0.807. The summed E-state index contributed by atoms with van der Waals surface area (Å²) in [5.74, 6) is 1.88. The molecule has 3 rings (SSSR count). The van der Waals surface area contributed by atoms with Gasteiger partial charge in [-0.2, -0.15) is 0 Å². The Kier molecular flexibility index (Phi) is 3.19. The van der Waals surface area contributed by atoms with Crippen LogP contribution in [-0.4, -0.2) is 0 Å². The van der Waals surface area contributed by atoms with Gasteiger partial charge in [0.15, 0.2) is 0 Å². The molecular weight excluding hydrogens is 206 g/mol. The Bertz CT molecular complexity index is 377. The molecule has 1 heterocycles. The molecule has 0 saturated heterocycles. The zero-order valence-corrected chi connectivity index (χ0v) is 10.8. The Hall–Kier alpha value is -0.820. The van der Waals surface area contributed by atoms with Crippen LogP contribution in [0, 0.1) is 11.8 Å². The number of nitrogens with one attached hydrogen (secondary N) is 1. The molecule has 1 aliphatic carbocycles. The van der Waals surface area contributed by atoms with Crippen molar-refractivity contribution >= 4 is 0 Å². The van der Waals surface area contributed by atoms with Gasteiger partial charge < -0.3 is 5.32 Å². The second-order valence-electron chi connectivity index (χ2n) is 5.75. The lowest BCUT2D eigenvalue weighted by molar-refractivity contribution is 0.225. The van der Waals surface area contributed by atoms with Gasteiger partial charge in [0.25, 0.3) is 0 Å². The fourth-order valence-electron chi connectivity index (χ4n) is 3.68. The van der Waals surface area contributed by atoms with Crippen molar-refractivity contribution in [3.05, 3.63) is 35.4 Å². The van der Waals surface area contributed by atoms with Crippen molar-refractivity contribution in [2.45, 2.75) is 51.6 Å². The molecule has 1 atom stereocenters. The molecule has 2 aliphatic rings. The highest BCUT2D eigenvalue weighted by molar-refractivity contribution is 5.34. The van der Waals surface area contributed by atoms with Crippen molar-refractivity contribution in [3.8, 4) is 0 Å².